The minimum Gasteiger partial charge on any atom is -0.486 e. The highest BCUT2D eigenvalue weighted by atomic mass is 32.1. The number of piperidine rings is 1. The smallest absolute Gasteiger partial charge is 0.261 e. The van der Waals surface area contributed by atoms with Gasteiger partial charge in [-0.2, -0.15) is 0 Å². The van der Waals surface area contributed by atoms with Gasteiger partial charge in [0.25, 0.3) is 5.91 Å². The van der Waals surface area contributed by atoms with E-state index in [-0.39, 0.29) is 11.9 Å². The van der Waals surface area contributed by atoms with Gasteiger partial charge in [-0.1, -0.05) is 0 Å². The Labute approximate surface area is 145 Å². The number of amides is 1. The van der Waals surface area contributed by atoms with Gasteiger partial charge in [-0.15, -0.1) is 11.3 Å². The van der Waals surface area contributed by atoms with Crippen LogP contribution in [0.3, 0.4) is 0 Å². The highest BCUT2D eigenvalue weighted by molar-refractivity contribution is 7.17. The molecule has 1 aromatic carbocycles. The molecule has 126 valence electrons. The monoisotopic (exact) mass is 344 g/mol. The predicted octanol–water partition coefficient (Wildman–Crippen LogP) is 2.67. The topological polar surface area (TPSA) is 59.6 Å². The third-order valence-corrected chi connectivity index (χ3v) is 5.42. The number of thiophene rings is 1. The second-order valence-corrected chi connectivity index (χ2v) is 7.12. The number of rotatable bonds is 3. The summed E-state index contributed by atoms with van der Waals surface area (Å²) in [6.07, 6.45) is 2.15. The first kappa shape index (κ1) is 15.5. The van der Waals surface area contributed by atoms with Crippen molar-refractivity contribution in [3.8, 4) is 21.9 Å². The van der Waals surface area contributed by atoms with E-state index in [1.165, 1.54) is 11.3 Å². The standard InChI is InChI=1S/C18H20N2O3S/c21-18(20-13-2-1-7-19-11-13)17-6-5-16(24-17)12-3-4-14-15(10-12)23-9-8-22-14/h3-6,10,13,19H,1-2,7-9,11H2,(H,20,21)/t13-/m0/s1. The molecule has 2 N–H and O–H groups in total. The number of carbonyl (C=O) groups is 1. The van der Waals surface area contributed by atoms with E-state index < -0.39 is 0 Å². The molecule has 0 unspecified atom stereocenters. The van der Waals surface area contributed by atoms with Gasteiger partial charge in [-0.3, -0.25) is 4.79 Å². The average Bonchev–Trinajstić information content (AvgIpc) is 3.12. The Kier molecular flexibility index (Phi) is 4.40. The van der Waals surface area contributed by atoms with Gasteiger partial charge in [-0.05, 0) is 55.3 Å². The lowest BCUT2D eigenvalue weighted by Crippen LogP contribution is -2.45. The molecule has 4 rings (SSSR count). The molecule has 1 saturated heterocycles. The number of hydrogen-bond donors (Lipinski definition) is 2. The maximum absolute atomic E-state index is 12.4. The van der Waals surface area contributed by atoms with Gasteiger partial charge in [0.15, 0.2) is 11.5 Å². The number of carbonyl (C=O) groups excluding carboxylic acids is 1. The van der Waals surface area contributed by atoms with Crippen LogP contribution in [0.1, 0.15) is 22.5 Å². The first-order chi connectivity index (χ1) is 11.8. The number of benzene rings is 1. The number of nitrogens with one attached hydrogen (secondary N) is 2. The van der Waals surface area contributed by atoms with E-state index in [2.05, 4.69) is 10.6 Å². The number of ether oxygens (including phenoxy) is 2. The lowest BCUT2D eigenvalue weighted by Gasteiger charge is -2.23. The quantitative estimate of drug-likeness (QED) is 0.899. The van der Waals surface area contributed by atoms with Crippen molar-refractivity contribution in [1.82, 2.24) is 10.6 Å². The zero-order valence-electron chi connectivity index (χ0n) is 13.3. The summed E-state index contributed by atoms with van der Waals surface area (Å²) in [5.74, 6) is 1.56. The fourth-order valence-electron chi connectivity index (χ4n) is 3.04. The summed E-state index contributed by atoms with van der Waals surface area (Å²) >= 11 is 1.50. The minimum atomic E-state index is 0.0116. The normalized spacial score (nSPS) is 19.8. The second kappa shape index (κ2) is 6.83. The molecule has 24 heavy (non-hydrogen) atoms. The molecule has 1 fully saturated rings. The molecule has 2 aliphatic rings. The molecule has 1 atom stereocenters. The van der Waals surface area contributed by atoms with E-state index in [1.54, 1.807) is 0 Å². The Hall–Kier alpha value is -2.05. The van der Waals surface area contributed by atoms with Crippen LogP contribution in [0.4, 0.5) is 0 Å². The molecule has 3 heterocycles. The van der Waals surface area contributed by atoms with E-state index >= 15 is 0 Å². The number of hydrogen-bond acceptors (Lipinski definition) is 5. The molecule has 2 aromatic rings. The fourth-order valence-corrected chi connectivity index (χ4v) is 3.95. The molecular weight excluding hydrogens is 324 g/mol. The van der Waals surface area contributed by atoms with Crippen LogP contribution in [0.5, 0.6) is 11.5 Å². The van der Waals surface area contributed by atoms with Crippen LogP contribution >= 0.6 is 11.3 Å². The van der Waals surface area contributed by atoms with Crippen molar-refractivity contribution in [2.24, 2.45) is 0 Å². The highest BCUT2D eigenvalue weighted by Crippen LogP contribution is 2.36. The maximum atomic E-state index is 12.4. The summed E-state index contributed by atoms with van der Waals surface area (Å²) in [7, 11) is 0. The number of fused-ring (bicyclic) bond motifs is 1. The maximum Gasteiger partial charge on any atom is 0.261 e. The Bertz CT molecular complexity index is 738. The van der Waals surface area contributed by atoms with Crippen LogP contribution in [0.25, 0.3) is 10.4 Å². The van der Waals surface area contributed by atoms with Gasteiger partial charge in [0.2, 0.25) is 0 Å². The van der Waals surface area contributed by atoms with E-state index in [0.29, 0.717) is 13.2 Å². The van der Waals surface area contributed by atoms with Gasteiger partial charge in [0, 0.05) is 17.5 Å². The van der Waals surface area contributed by atoms with Crippen LogP contribution in [0.2, 0.25) is 0 Å². The third-order valence-electron chi connectivity index (χ3n) is 4.29. The molecule has 1 aromatic heterocycles. The Morgan fingerprint density at radius 3 is 2.88 bits per heavy atom. The molecule has 6 heteroatoms. The Morgan fingerprint density at radius 2 is 2.04 bits per heavy atom. The second-order valence-electron chi connectivity index (χ2n) is 6.04. The van der Waals surface area contributed by atoms with Crippen molar-refractivity contribution in [3.63, 3.8) is 0 Å². The van der Waals surface area contributed by atoms with E-state index in [4.69, 9.17) is 9.47 Å². The van der Waals surface area contributed by atoms with Crippen molar-refractivity contribution >= 4 is 17.2 Å². The molecule has 0 spiro atoms. The zero-order valence-corrected chi connectivity index (χ0v) is 14.2. The molecule has 0 aliphatic carbocycles. The lowest BCUT2D eigenvalue weighted by atomic mass is 10.1. The van der Waals surface area contributed by atoms with Crippen LogP contribution < -0.4 is 20.1 Å². The molecule has 2 aliphatic heterocycles. The molecule has 5 nitrogen and oxygen atoms in total. The van der Waals surface area contributed by atoms with Crippen molar-refractivity contribution in [3.05, 3.63) is 35.2 Å². The largest absolute Gasteiger partial charge is 0.486 e. The van der Waals surface area contributed by atoms with Crippen LogP contribution in [-0.4, -0.2) is 38.3 Å². The zero-order chi connectivity index (χ0) is 16.4. The Balaban J connectivity index is 1.48. The van der Waals surface area contributed by atoms with Gasteiger partial charge in [-0.25, -0.2) is 0 Å². The van der Waals surface area contributed by atoms with E-state index in [0.717, 1.165) is 52.7 Å². The summed E-state index contributed by atoms with van der Waals surface area (Å²) < 4.78 is 11.2. The molecule has 0 bridgehead atoms. The summed E-state index contributed by atoms with van der Waals surface area (Å²) in [5, 5.41) is 6.43. The van der Waals surface area contributed by atoms with Crippen LogP contribution in [0, 0.1) is 0 Å². The predicted molar refractivity (Wildman–Crippen MR) is 94.1 cm³/mol. The summed E-state index contributed by atoms with van der Waals surface area (Å²) in [5.41, 5.74) is 1.04. The molecule has 1 amide bonds. The first-order valence-corrected chi connectivity index (χ1v) is 9.13. The van der Waals surface area contributed by atoms with Crippen molar-refractivity contribution in [2.45, 2.75) is 18.9 Å². The van der Waals surface area contributed by atoms with Crippen molar-refractivity contribution in [1.29, 1.82) is 0 Å². The third kappa shape index (κ3) is 3.25. The average molecular weight is 344 g/mol. The van der Waals surface area contributed by atoms with Gasteiger partial charge in [0.1, 0.15) is 13.2 Å². The highest BCUT2D eigenvalue weighted by Gasteiger charge is 2.18. The van der Waals surface area contributed by atoms with Crippen LogP contribution in [0.15, 0.2) is 30.3 Å². The van der Waals surface area contributed by atoms with E-state index in [1.807, 2.05) is 30.3 Å². The Morgan fingerprint density at radius 1 is 1.17 bits per heavy atom. The first-order valence-electron chi connectivity index (χ1n) is 8.31. The van der Waals surface area contributed by atoms with Crippen LogP contribution in [-0.2, 0) is 0 Å². The lowest BCUT2D eigenvalue weighted by molar-refractivity contribution is 0.0935. The summed E-state index contributed by atoms with van der Waals surface area (Å²) in [4.78, 5) is 14.2. The fraction of sp³-hybridized carbons (Fsp3) is 0.389. The molecule has 0 radical (unpaired) electrons. The van der Waals surface area contributed by atoms with Crippen molar-refractivity contribution in [2.75, 3.05) is 26.3 Å². The van der Waals surface area contributed by atoms with Crippen molar-refractivity contribution < 1.29 is 14.3 Å². The van der Waals surface area contributed by atoms with E-state index in [9.17, 15) is 4.79 Å². The molecular formula is C18H20N2O3S. The SMILES string of the molecule is O=C(N[C@H]1CCCNC1)c1ccc(-c2ccc3c(c2)OCCO3)s1. The minimum absolute atomic E-state index is 0.0116. The van der Waals surface area contributed by atoms with Gasteiger partial charge >= 0.3 is 0 Å². The van der Waals surface area contributed by atoms with Gasteiger partial charge in [0.05, 0.1) is 4.88 Å². The molecule has 0 saturated carbocycles. The summed E-state index contributed by atoms with van der Waals surface area (Å²) in [6, 6.07) is 10.0. The van der Waals surface area contributed by atoms with Gasteiger partial charge < -0.3 is 20.1 Å². The summed E-state index contributed by atoms with van der Waals surface area (Å²) in [6.45, 7) is 3.06.